The first kappa shape index (κ1) is 22.4. The van der Waals surface area contributed by atoms with Crippen LogP contribution >= 0.6 is 0 Å². The summed E-state index contributed by atoms with van der Waals surface area (Å²) in [6, 6.07) is 20.9. The maximum absolute atomic E-state index is 12.0. The number of anilines is 4. The number of carbonyl (C=O) groups is 1. The number of piperazine rings is 1. The van der Waals surface area contributed by atoms with Crippen molar-refractivity contribution in [1.82, 2.24) is 15.5 Å². The standard InChI is InChI=1S/C28H33N5O/c1-28(2)23-9-8-22(31-21-6-4-5-20(16-21)27(34)29-3)17-26(23)32-25-10-7-19(15-24(25)28)18-33-13-11-30-12-14-33/h4-10,15-17,30-32H,11-14,18H2,1-3H3,(H,29,34). The largest absolute Gasteiger partial charge is 0.355 e. The van der Waals surface area contributed by atoms with Crippen molar-refractivity contribution < 1.29 is 4.79 Å². The number of hydrogen-bond acceptors (Lipinski definition) is 5. The van der Waals surface area contributed by atoms with Crippen LogP contribution in [0.2, 0.25) is 0 Å². The van der Waals surface area contributed by atoms with Gasteiger partial charge in [0.15, 0.2) is 0 Å². The van der Waals surface area contributed by atoms with Crippen LogP contribution in [0, 0.1) is 0 Å². The molecule has 0 saturated carbocycles. The summed E-state index contributed by atoms with van der Waals surface area (Å²) in [5, 5.41) is 13.2. The Morgan fingerprint density at radius 2 is 1.74 bits per heavy atom. The SMILES string of the molecule is CNC(=O)c1cccc(Nc2ccc3c(c2)Nc2ccc(CN4CCNCC4)cc2C3(C)C)c1. The van der Waals surface area contributed by atoms with E-state index in [1.165, 1.54) is 22.4 Å². The Labute approximate surface area is 201 Å². The highest BCUT2D eigenvalue weighted by atomic mass is 16.1. The third kappa shape index (κ3) is 4.39. The molecule has 0 radical (unpaired) electrons. The zero-order valence-corrected chi connectivity index (χ0v) is 20.2. The molecule has 2 aliphatic heterocycles. The fourth-order valence-corrected chi connectivity index (χ4v) is 5.05. The minimum atomic E-state index is -0.104. The van der Waals surface area contributed by atoms with Gasteiger partial charge in [0.1, 0.15) is 0 Å². The highest BCUT2D eigenvalue weighted by Crippen LogP contribution is 2.46. The van der Waals surface area contributed by atoms with Crippen molar-refractivity contribution >= 4 is 28.7 Å². The van der Waals surface area contributed by atoms with Crippen molar-refractivity contribution in [3.8, 4) is 0 Å². The van der Waals surface area contributed by atoms with Crippen molar-refractivity contribution in [3.05, 3.63) is 82.9 Å². The Balaban J connectivity index is 1.39. The molecular formula is C28H33N5O. The molecule has 34 heavy (non-hydrogen) atoms. The number of rotatable bonds is 5. The Hall–Kier alpha value is -3.35. The normalized spacial score (nSPS) is 16.7. The van der Waals surface area contributed by atoms with Crippen LogP contribution in [-0.4, -0.2) is 44.0 Å². The Morgan fingerprint density at radius 3 is 2.53 bits per heavy atom. The lowest BCUT2D eigenvalue weighted by Gasteiger charge is -2.36. The predicted molar refractivity (Wildman–Crippen MR) is 140 cm³/mol. The summed E-state index contributed by atoms with van der Waals surface area (Å²) in [6.45, 7) is 9.94. The molecule has 1 fully saturated rings. The van der Waals surface area contributed by atoms with E-state index in [1.807, 2.05) is 24.3 Å². The van der Waals surface area contributed by atoms with Crippen LogP contribution in [0.5, 0.6) is 0 Å². The molecule has 2 heterocycles. The average Bonchev–Trinajstić information content (AvgIpc) is 2.85. The highest BCUT2D eigenvalue weighted by Gasteiger charge is 2.33. The second-order valence-corrected chi connectivity index (χ2v) is 9.70. The number of nitrogens with zero attached hydrogens (tertiary/aromatic N) is 1. The summed E-state index contributed by atoms with van der Waals surface area (Å²) in [5.74, 6) is -0.0922. The molecule has 3 aromatic carbocycles. The molecule has 2 aliphatic rings. The molecule has 0 bridgehead atoms. The van der Waals surface area contributed by atoms with Gasteiger partial charge < -0.3 is 21.3 Å². The van der Waals surface area contributed by atoms with Crippen LogP contribution in [0.1, 0.15) is 40.9 Å². The summed E-state index contributed by atoms with van der Waals surface area (Å²) < 4.78 is 0. The zero-order chi connectivity index (χ0) is 23.7. The molecule has 0 spiro atoms. The molecule has 176 valence electrons. The summed E-state index contributed by atoms with van der Waals surface area (Å²) in [4.78, 5) is 14.5. The molecule has 0 atom stereocenters. The van der Waals surface area contributed by atoms with E-state index < -0.39 is 0 Å². The van der Waals surface area contributed by atoms with E-state index in [1.54, 1.807) is 7.05 Å². The number of nitrogens with one attached hydrogen (secondary N) is 4. The van der Waals surface area contributed by atoms with Gasteiger partial charge in [0.2, 0.25) is 0 Å². The second-order valence-electron chi connectivity index (χ2n) is 9.70. The van der Waals surface area contributed by atoms with E-state index in [0.29, 0.717) is 5.56 Å². The number of hydrogen-bond donors (Lipinski definition) is 4. The van der Waals surface area contributed by atoms with E-state index in [-0.39, 0.29) is 11.3 Å². The fraction of sp³-hybridized carbons (Fsp3) is 0.321. The highest BCUT2D eigenvalue weighted by molar-refractivity contribution is 5.95. The summed E-state index contributed by atoms with van der Waals surface area (Å²) in [5.41, 5.74) is 8.66. The van der Waals surface area contributed by atoms with Gasteiger partial charge in [-0.3, -0.25) is 9.69 Å². The minimum absolute atomic E-state index is 0.0922. The molecule has 4 N–H and O–H groups in total. The van der Waals surface area contributed by atoms with Crippen LogP contribution in [0.3, 0.4) is 0 Å². The van der Waals surface area contributed by atoms with Crippen LogP contribution in [0.25, 0.3) is 0 Å². The molecule has 3 aromatic rings. The number of carbonyl (C=O) groups excluding carboxylic acids is 1. The molecule has 5 rings (SSSR count). The van der Waals surface area contributed by atoms with Gasteiger partial charge in [0.25, 0.3) is 5.91 Å². The lowest BCUT2D eigenvalue weighted by Crippen LogP contribution is -2.42. The third-order valence-corrected chi connectivity index (χ3v) is 6.98. The van der Waals surface area contributed by atoms with Crippen molar-refractivity contribution in [2.45, 2.75) is 25.8 Å². The van der Waals surface area contributed by atoms with E-state index in [0.717, 1.165) is 49.8 Å². The first-order chi connectivity index (χ1) is 16.4. The van der Waals surface area contributed by atoms with Gasteiger partial charge in [-0.05, 0) is 53.1 Å². The smallest absolute Gasteiger partial charge is 0.251 e. The first-order valence-corrected chi connectivity index (χ1v) is 12.0. The number of amides is 1. The Bertz CT molecular complexity index is 1210. The molecule has 0 aromatic heterocycles. The third-order valence-electron chi connectivity index (χ3n) is 6.98. The molecule has 6 nitrogen and oxygen atoms in total. The van der Waals surface area contributed by atoms with Gasteiger partial charge in [-0.15, -0.1) is 0 Å². The minimum Gasteiger partial charge on any atom is -0.355 e. The molecule has 1 amide bonds. The predicted octanol–water partition coefficient (Wildman–Crippen LogP) is 4.58. The van der Waals surface area contributed by atoms with E-state index in [4.69, 9.17) is 0 Å². The lowest BCUT2D eigenvalue weighted by molar-refractivity contribution is 0.0963. The maximum atomic E-state index is 12.0. The van der Waals surface area contributed by atoms with Crippen LogP contribution < -0.4 is 21.3 Å². The maximum Gasteiger partial charge on any atom is 0.251 e. The molecular weight excluding hydrogens is 422 g/mol. The quantitative estimate of drug-likeness (QED) is 0.454. The van der Waals surface area contributed by atoms with Gasteiger partial charge in [0.05, 0.1) is 0 Å². The van der Waals surface area contributed by atoms with Gasteiger partial charge in [-0.1, -0.05) is 38.1 Å². The average molecular weight is 456 g/mol. The van der Waals surface area contributed by atoms with Crippen molar-refractivity contribution in [3.63, 3.8) is 0 Å². The summed E-state index contributed by atoms with van der Waals surface area (Å²) in [7, 11) is 1.64. The van der Waals surface area contributed by atoms with Crippen LogP contribution in [0.4, 0.5) is 22.7 Å². The molecule has 1 saturated heterocycles. The van der Waals surface area contributed by atoms with Gasteiger partial charge in [-0.25, -0.2) is 0 Å². The van der Waals surface area contributed by atoms with Gasteiger partial charge in [0, 0.05) is 73.5 Å². The molecule has 0 unspecified atom stereocenters. The van der Waals surface area contributed by atoms with Crippen molar-refractivity contribution in [2.24, 2.45) is 0 Å². The lowest BCUT2D eigenvalue weighted by atomic mass is 9.74. The van der Waals surface area contributed by atoms with Crippen LogP contribution in [0.15, 0.2) is 60.7 Å². The van der Waals surface area contributed by atoms with Crippen molar-refractivity contribution in [2.75, 3.05) is 43.9 Å². The summed E-state index contributed by atoms with van der Waals surface area (Å²) in [6.07, 6.45) is 0. The summed E-state index contributed by atoms with van der Waals surface area (Å²) >= 11 is 0. The second kappa shape index (κ2) is 9.12. The van der Waals surface area contributed by atoms with E-state index in [2.05, 4.69) is 76.4 Å². The number of benzene rings is 3. The van der Waals surface area contributed by atoms with Crippen LogP contribution in [-0.2, 0) is 12.0 Å². The topological polar surface area (TPSA) is 68.4 Å². The zero-order valence-electron chi connectivity index (χ0n) is 20.2. The fourth-order valence-electron chi connectivity index (χ4n) is 5.05. The van der Waals surface area contributed by atoms with Gasteiger partial charge >= 0.3 is 0 Å². The first-order valence-electron chi connectivity index (χ1n) is 12.0. The van der Waals surface area contributed by atoms with Crippen molar-refractivity contribution in [1.29, 1.82) is 0 Å². The van der Waals surface area contributed by atoms with E-state index in [9.17, 15) is 4.79 Å². The number of fused-ring (bicyclic) bond motifs is 2. The Kier molecular flexibility index (Phi) is 6.02. The molecule has 6 heteroatoms. The molecule has 0 aliphatic carbocycles. The van der Waals surface area contributed by atoms with Gasteiger partial charge in [-0.2, -0.15) is 0 Å². The Morgan fingerprint density at radius 1 is 0.941 bits per heavy atom. The van der Waals surface area contributed by atoms with E-state index >= 15 is 0 Å². The monoisotopic (exact) mass is 455 g/mol.